The standard InChI is InChI=1S/C13H16ClN3O3/c14-9-1-2-11(18)10(7-9)13(20)16-8-12(19)17-5-3-15-4-6-17/h1-2,7,15,18H,3-6,8H2,(H,16,20). The molecule has 0 aromatic heterocycles. The molecule has 6 nitrogen and oxygen atoms in total. The quantitative estimate of drug-likeness (QED) is 0.745. The van der Waals surface area contributed by atoms with Crippen LogP contribution in [0.5, 0.6) is 5.75 Å². The zero-order valence-corrected chi connectivity index (χ0v) is 11.6. The summed E-state index contributed by atoms with van der Waals surface area (Å²) in [6.45, 7) is 2.70. The first-order chi connectivity index (χ1) is 9.58. The third kappa shape index (κ3) is 3.61. The Bertz CT molecular complexity index is 516. The van der Waals surface area contributed by atoms with Crippen molar-refractivity contribution >= 4 is 23.4 Å². The molecule has 2 amide bonds. The van der Waals surface area contributed by atoms with Gasteiger partial charge in [0.15, 0.2) is 0 Å². The maximum atomic E-state index is 11.9. The Kier molecular flexibility index (Phi) is 4.81. The number of phenols is 1. The van der Waals surface area contributed by atoms with Gasteiger partial charge in [0, 0.05) is 31.2 Å². The van der Waals surface area contributed by atoms with Gasteiger partial charge in [-0.2, -0.15) is 0 Å². The van der Waals surface area contributed by atoms with E-state index in [0.717, 1.165) is 13.1 Å². The van der Waals surface area contributed by atoms with Crippen molar-refractivity contribution in [1.29, 1.82) is 0 Å². The molecule has 0 radical (unpaired) electrons. The van der Waals surface area contributed by atoms with Crippen LogP contribution in [0.1, 0.15) is 10.4 Å². The third-order valence-corrected chi connectivity index (χ3v) is 3.31. The highest BCUT2D eigenvalue weighted by Gasteiger charge is 2.18. The molecule has 1 fully saturated rings. The first kappa shape index (κ1) is 14.6. The van der Waals surface area contributed by atoms with Crippen molar-refractivity contribution in [3.8, 4) is 5.75 Å². The van der Waals surface area contributed by atoms with Crippen LogP contribution in [0, 0.1) is 0 Å². The molecule has 0 spiro atoms. The van der Waals surface area contributed by atoms with Gasteiger partial charge >= 0.3 is 0 Å². The molecule has 1 heterocycles. The summed E-state index contributed by atoms with van der Waals surface area (Å²) in [5, 5.41) is 15.6. The summed E-state index contributed by atoms with van der Waals surface area (Å²) >= 11 is 5.77. The summed E-state index contributed by atoms with van der Waals surface area (Å²) in [6, 6.07) is 4.19. The number of carbonyl (C=O) groups excluding carboxylic acids is 2. The maximum Gasteiger partial charge on any atom is 0.255 e. The summed E-state index contributed by atoms with van der Waals surface area (Å²) in [5.41, 5.74) is 0.0608. The molecule has 1 aromatic carbocycles. The molecule has 20 heavy (non-hydrogen) atoms. The maximum absolute atomic E-state index is 11.9. The van der Waals surface area contributed by atoms with Crippen molar-refractivity contribution in [2.45, 2.75) is 0 Å². The molecule has 1 aliphatic rings. The third-order valence-electron chi connectivity index (χ3n) is 3.07. The minimum absolute atomic E-state index is 0.0608. The fourth-order valence-corrected chi connectivity index (χ4v) is 2.14. The Hall–Kier alpha value is -1.79. The van der Waals surface area contributed by atoms with Gasteiger partial charge in [-0.3, -0.25) is 9.59 Å². The van der Waals surface area contributed by atoms with E-state index in [1.807, 2.05) is 0 Å². The Labute approximate surface area is 121 Å². The molecule has 108 valence electrons. The van der Waals surface area contributed by atoms with Gasteiger partial charge in [-0.1, -0.05) is 11.6 Å². The van der Waals surface area contributed by atoms with E-state index in [1.54, 1.807) is 4.90 Å². The number of amides is 2. The number of benzene rings is 1. The van der Waals surface area contributed by atoms with E-state index >= 15 is 0 Å². The second-order valence-electron chi connectivity index (χ2n) is 4.47. The van der Waals surface area contributed by atoms with Gasteiger partial charge in [0.05, 0.1) is 12.1 Å². The van der Waals surface area contributed by atoms with Crippen LogP contribution in [-0.2, 0) is 4.79 Å². The number of nitrogens with zero attached hydrogens (tertiary/aromatic N) is 1. The monoisotopic (exact) mass is 297 g/mol. The predicted molar refractivity (Wildman–Crippen MR) is 74.9 cm³/mol. The number of hydrogen-bond acceptors (Lipinski definition) is 4. The zero-order valence-electron chi connectivity index (χ0n) is 10.9. The molecule has 1 saturated heterocycles. The van der Waals surface area contributed by atoms with E-state index in [9.17, 15) is 14.7 Å². The topological polar surface area (TPSA) is 81.7 Å². The number of piperazine rings is 1. The normalized spacial score (nSPS) is 14.9. The second kappa shape index (κ2) is 6.58. The lowest BCUT2D eigenvalue weighted by atomic mass is 10.2. The Morgan fingerprint density at radius 1 is 1.35 bits per heavy atom. The minimum Gasteiger partial charge on any atom is -0.507 e. The summed E-state index contributed by atoms with van der Waals surface area (Å²) in [7, 11) is 0. The van der Waals surface area contributed by atoms with Crippen LogP contribution in [0.3, 0.4) is 0 Å². The number of carbonyl (C=O) groups is 2. The molecule has 0 unspecified atom stereocenters. The number of phenolic OH excluding ortho intramolecular Hbond substituents is 1. The Morgan fingerprint density at radius 2 is 2.05 bits per heavy atom. The van der Waals surface area contributed by atoms with E-state index in [2.05, 4.69) is 10.6 Å². The van der Waals surface area contributed by atoms with Gasteiger partial charge in [0.2, 0.25) is 5.91 Å². The van der Waals surface area contributed by atoms with Crippen LogP contribution >= 0.6 is 11.6 Å². The fraction of sp³-hybridized carbons (Fsp3) is 0.385. The molecular weight excluding hydrogens is 282 g/mol. The van der Waals surface area contributed by atoms with Crippen LogP contribution < -0.4 is 10.6 Å². The van der Waals surface area contributed by atoms with Crippen molar-refractivity contribution < 1.29 is 14.7 Å². The molecule has 0 aliphatic carbocycles. The second-order valence-corrected chi connectivity index (χ2v) is 4.91. The molecule has 0 atom stereocenters. The molecule has 0 saturated carbocycles. The van der Waals surface area contributed by atoms with Gasteiger partial charge in [-0.25, -0.2) is 0 Å². The van der Waals surface area contributed by atoms with Crippen molar-refractivity contribution in [3.63, 3.8) is 0 Å². The average molecular weight is 298 g/mol. The van der Waals surface area contributed by atoms with Gasteiger partial charge in [-0.15, -0.1) is 0 Å². The number of halogens is 1. The first-order valence-corrected chi connectivity index (χ1v) is 6.71. The van der Waals surface area contributed by atoms with E-state index < -0.39 is 5.91 Å². The van der Waals surface area contributed by atoms with Crippen LogP contribution in [0.2, 0.25) is 5.02 Å². The highest BCUT2D eigenvalue weighted by Crippen LogP contribution is 2.21. The summed E-state index contributed by atoms with van der Waals surface area (Å²) in [4.78, 5) is 25.5. The lowest BCUT2D eigenvalue weighted by molar-refractivity contribution is -0.130. The predicted octanol–water partition coefficient (Wildman–Crippen LogP) is 0.207. The SMILES string of the molecule is O=C(NCC(=O)N1CCNCC1)c1cc(Cl)ccc1O. The number of nitrogens with one attached hydrogen (secondary N) is 2. The van der Waals surface area contributed by atoms with Crippen molar-refractivity contribution in [2.75, 3.05) is 32.7 Å². The Balaban J connectivity index is 1.91. The lowest BCUT2D eigenvalue weighted by Gasteiger charge is -2.27. The van der Waals surface area contributed by atoms with Gasteiger partial charge in [0.1, 0.15) is 5.75 Å². The highest BCUT2D eigenvalue weighted by molar-refractivity contribution is 6.31. The lowest BCUT2D eigenvalue weighted by Crippen LogP contribution is -2.49. The Morgan fingerprint density at radius 3 is 2.75 bits per heavy atom. The van der Waals surface area contributed by atoms with Crippen LogP contribution in [0.15, 0.2) is 18.2 Å². The molecule has 1 aromatic rings. The van der Waals surface area contributed by atoms with Crippen molar-refractivity contribution in [3.05, 3.63) is 28.8 Å². The summed E-state index contributed by atoms with van der Waals surface area (Å²) in [6.07, 6.45) is 0. The molecule has 7 heteroatoms. The van der Waals surface area contributed by atoms with Gasteiger partial charge < -0.3 is 20.6 Å². The summed E-state index contributed by atoms with van der Waals surface area (Å²) < 4.78 is 0. The van der Waals surface area contributed by atoms with E-state index in [1.165, 1.54) is 18.2 Å². The number of rotatable bonds is 3. The van der Waals surface area contributed by atoms with Crippen LogP contribution in [0.25, 0.3) is 0 Å². The minimum atomic E-state index is -0.520. The van der Waals surface area contributed by atoms with Crippen molar-refractivity contribution in [1.82, 2.24) is 15.5 Å². The van der Waals surface area contributed by atoms with E-state index in [-0.39, 0.29) is 23.8 Å². The van der Waals surface area contributed by atoms with Gasteiger partial charge in [-0.05, 0) is 18.2 Å². The molecule has 3 N–H and O–H groups in total. The fourth-order valence-electron chi connectivity index (χ4n) is 1.97. The van der Waals surface area contributed by atoms with Crippen LogP contribution in [-0.4, -0.2) is 54.5 Å². The summed E-state index contributed by atoms with van der Waals surface area (Å²) in [5.74, 6) is -0.823. The van der Waals surface area contributed by atoms with E-state index in [0.29, 0.717) is 18.1 Å². The number of hydrogen-bond donors (Lipinski definition) is 3. The zero-order chi connectivity index (χ0) is 14.5. The van der Waals surface area contributed by atoms with Crippen molar-refractivity contribution in [2.24, 2.45) is 0 Å². The van der Waals surface area contributed by atoms with Crippen LogP contribution in [0.4, 0.5) is 0 Å². The highest BCUT2D eigenvalue weighted by atomic mass is 35.5. The first-order valence-electron chi connectivity index (χ1n) is 6.33. The molecule has 0 bridgehead atoms. The molecule has 2 rings (SSSR count). The average Bonchev–Trinajstić information content (AvgIpc) is 2.47. The molecular formula is C13H16ClN3O3. The van der Waals surface area contributed by atoms with E-state index in [4.69, 9.17) is 11.6 Å². The van der Waals surface area contributed by atoms with Gasteiger partial charge in [0.25, 0.3) is 5.91 Å². The number of aromatic hydroxyl groups is 1. The smallest absolute Gasteiger partial charge is 0.255 e. The molecule has 1 aliphatic heterocycles. The largest absolute Gasteiger partial charge is 0.507 e.